The van der Waals surface area contributed by atoms with Gasteiger partial charge in [-0.1, -0.05) is 35.9 Å². The van der Waals surface area contributed by atoms with Gasteiger partial charge in [-0.15, -0.1) is 34.4 Å². The summed E-state index contributed by atoms with van der Waals surface area (Å²) in [6, 6.07) is 19.3. The Morgan fingerprint density at radius 1 is 0.969 bits per heavy atom. The minimum atomic E-state index is -0.298. The van der Waals surface area contributed by atoms with E-state index in [1.54, 1.807) is 6.07 Å². The maximum Gasteiger partial charge on any atom is 0.265 e. The molecule has 0 radical (unpaired) electrons. The summed E-state index contributed by atoms with van der Waals surface area (Å²) in [5.41, 5.74) is 3.80. The van der Waals surface area contributed by atoms with Gasteiger partial charge in [0.2, 0.25) is 5.91 Å². The van der Waals surface area contributed by atoms with Crippen LogP contribution in [-0.2, 0) is 4.79 Å². The molecule has 2 amide bonds. The van der Waals surface area contributed by atoms with Gasteiger partial charge in [0.25, 0.3) is 5.91 Å². The first-order valence-electron chi connectivity index (χ1n) is 9.93. The van der Waals surface area contributed by atoms with E-state index < -0.39 is 0 Å². The summed E-state index contributed by atoms with van der Waals surface area (Å²) in [6.45, 7) is 3.91. The Morgan fingerprint density at radius 3 is 2.41 bits per heavy atom. The van der Waals surface area contributed by atoms with Crippen molar-refractivity contribution in [3.05, 3.63) is 81.9 Å². The van der Waals surface area contributed by atoms with E-state index in [1.165, 1.54) is 40.0 Å². The van der Waals surface area contributed by atoms with E-state index in [9.17, 15) is 9.59 Å². The Labute approximate surface area is 198 Å². The van der Waals surface area contributed by atoms with Crippen molar-refractivity contribution in [3.63, 3.8) is 0 Å². The first-order chi connectivity index (χ1) is 15.5. The molecule has 162 valence electrons. The normalized spacial score (nSPS) is 11.7. The molecule has 0 fully saturated rings. The van der Waals surface area contributed by atoms with E-state index in [2.05, 4.69) is 15.6 Å². The Kier molecular flexibility index (Phi) is 7.04. The van der Waals surface area contributed by atoms with E-state index in [0.717, 1.165) is 21.8 Å². The van der Waals surface area contributed by atoms with Crippen LogP contribution in [0.15, 0.2) is 76.3 Å². The highest BCUT2D eigenvalue weighted by Gasteiger charge is 2.17. The fourth-order valence-electron chi connectivity index (χ4n) is 2.87. The quantitative estimate of drug-likeness (QED) is 0.295. The molecule has 0 aliphatic carbocycles. The number of aryl methyl sites for hydroxylation is 1. The zero-order chi connectivity index (χ0) is 22.5. The predicted molar refractivity (Wildman–Crippen MR) is 135 cm³/mol. The minimum absolute atomic E-state index is 0.102. The smallest absolute Gasteiger partial charge is 0.265 e. The second-order valence-electron chi connectivity index (χ2n) is 7.11. The van der Waals surface area contributed by atoms with Crippen LogP contribution in [0.5, 0.6) is 0 Å². The van der Waals surface area contributed by atoms with Crippen LogP contribution in [0.1, 0.15) is 22.2 Å². The van der Waals surface area contributed by atoms with E-state index >= 15 is 0 Å². The lowest BCUT2D eigenvalue weighted by atomic mass is 10.1. The van der Waals surface area contributed by atoms with Crippen LogP contribution >= 0.6 is 34.4 Å². The number of hydrogen-bond acceptors (Lipinski definition) is 6. The molecule has 0 aliphatic heterocycles. The minimum Gasteiger partial charge on any atom is -0.321 e. The first kappa shape index (κ1) is 22.3. The summed E-state index contributed by atoms with van der Waals surface area (Å²) >= 11 is 4.27. The monoisotopic (exact) mass is 479 g/mol. The molecular formula is C24H21N3O2S3. The van der Waals surface area contributed by atoms with Gasteiger partial charge in [-0.3, -0.25) is 9.59 Å². The largest absolute Gasteiger partial charge is 0.321 e. The van der Waals surface area contributed by atoms with Crippen LogP contribution in [0.25, 0.3) is 11.3 Å². The van der Waals surface area contributed by atoms with Crippen LogP contribution in [0.3, 0.4) is 0 Å². The van der Waals surface area contributed by atoms with Gasteiger partial charge < -0.3 is 10.6 Å². The fourth-order valence-corrected chi connectivity index (χ4v) is 5.08. The molecule has 4 aromatic rings. The van der Waals surface area contributed by atoms with Crippen molar-refractivity contribution < 1.29 is 9.59 Å². The number of thiophene rings is 1. The van der Waals surface area contributed by atoms with Crippen molar-refractivity contribution in [2.24, 2.45) is 0 Å². The number of carbonyl (C=O) groups excluding carboxylic acids is 2. The topological polar surface area (TPSA) is 71.1 Å². The number of nitrogens with zero attached hydrogens (tertiary/aromatic N) is 1. The van der Waals surface area contributed by atoms with Gasteiger partial charge in [0.05, 0.1) is 15.8 Å². The number of benzene rings is 2. The van der Waals surface area contributed by atoms with Crippen molar-refractivity contribution in [2.75, 3.05) is 10.6 Å². The summed E-state index contributed by atoms with van der Waals surface area (Å²) in [7, 11) is 0. The molecule has 0 saturated carbocycles. The van der Waals surface area contributed by atoms with Crippen LogP contribution in [0, 0.1) is 6.92 Å². The number of nitrogens with one attached hydrogen (secondary N) is 2. The third-order valence-corrected chi connectivity index (χ3v) is 7.36. The second-order valence-corrected chi connectivity index (χ2v) is 10.3. The predicted octanol–water partition coefficient (Wildman–Crippen LogP) is 6.55. The van der Waals surface area contributed by atoms with Crippen molar-refractivity contribution in [1.29, 1.82) is 0 Å². The van der Waals surface area contributed by atoms with Gasteiger partial charge in [-0.05, 0) is 49.6 Å². The van der Waals surface area contributed by atoms with Crippen LogP contribution in [0.4, 0.5) is 10.8 Å². The van der Waals surface area contributed by atoms with Crippen LogP contribution in [0.2, 0.25) is 0 Å². The summed E-state index contributed by atoms with van der Waals surface area (Å²) < 4.78 is 0. The lowest BCUT2D eigenvalue weighted by molar-refractivity contribution is -0.115. The third-order valence-electron chi connectivity index (χ3n) is 4.62. The Hall–Kier alpha value is -2.94. The van der Waals surface area contributed by atoms with Gasteiger partial charge in [0.15, 0.2) is 5.13 Å². The van der Waals surface area contributed by atoms with E-state index in [1.807, 2.05) is 79.2 Å². The maximum absolute atomic E-state index is 12.6. The molecule has 0 aliphatic rings. The highest BCUT2D eigenvalue weighted by atomic mass is 32.2. The van der Waals surface area contributed by atoms with E-state index in [4.69, 9.17) is 0 Å². The zero-order valence-corrected chi connectivity index (χ0v) is 19.9. The number of thioether (sulfide) groups is 1. The average Bonchev–Trinajstić information content (AvgIpc) is 3.48. The van der Waals surface area contributed by atoms with Crippen LogP contribution in [-0.4, -0.2) is 22.0 Å². The summed E-state index contributed by atoms with van der Waals surface area (Å²) in [6.07, 6.45) is 0. The molecule has 4 rings (SSSR count). The Morgan fingerprint density at radius 2 is 1.72 bits per heavy atom. The molecule has 0 saturated heterocycles. The van der Waals surface area contributed by atoms with Crippen molar-refractivity contribution in [2.45, 2.75) is 24.0 Å². The van der Waals surface area contributed by atoms with Gasteiger partial charge in [-0.25, -0.2) is 4.98 Å². The molecule has 2 aromatic carbocycles. The Balaban J connectivity index is 1.31. The van der Waals surface area contributed by atoms with Crippen molar-refractivity contribution in [3.8, 4) is 11.3 Å². The molecule has 0 spiro atoms. The molecule has 5 nitrogen and oxygen atoms in total. The van der Waals surface area contributed by atoms with Crippen molar-refractivity contribution >= 4 is 57.1 Å². The molecule has 0 bridgehead atoms. The summed E-state index contributed by atoms with van der Waals surface area (Å²) in [4.78, 5) is 30.9. The lowest BCUT2D eigenvalue weighted by Crippen LogP contribution is -2.22. The standard InChI is InChI=1S/C24H21N3O2S3/c1-15-5-7-17(8-6-15)20-14-31-24(26-20)27-22(28)16(2)32-19-11-9-18(10-12-19)25-23(29)21-4-3-13-30-21/h3-14,16H,1-2H3,(H,25,29)(H,26,27,28). The maximum atomic E-state index is 12.6. The van der Waals surface area contributed by atoms with Gasteiger partial charge in [-0.2, -0.15) is 0 Å². The van der Waals surface area contributed by atoms with Crippen LogP contribution < -0.4 is 10.6 Å². The number of carbonyl (C=O) groups is 2. The molecule has 1 atom stereocenters. The number of aromatic nitrogens is 1. The van der Waals surface area contributed by atoms with Gasteiger partial charge in [0, 0.05) is 21.5 Å². The van der Waals surface area contributed by atoms with Gasteiger partial charge in [0.1, 0.15) is 0 Å². The molecule has 8 heteroatoms. The highest BCUT2D eigenvalue weighted by molar-refractivity contribution is 8.00. The number of hydrogen-bond donors (Lipinski definition) is 2. The molecule has 1 unspecified atom stereocenters. The number of rotatable bonds is 7. The first-order valence-corrected chi connectivity index (χ1v) is 12.6. The Bertz CT molecular complexity index is 1200. The number of anilines is 2. The third kappa shape index (κ3) is 5.64. The molecule has 2 heterocycles. The molecule has 32 heavy (non-hydrogen) atoms. The lowest BCUT2D eigenvalue weighted by Gasteiger charge is -2.11. The SMILES string of the molecule is Cc1ccc(-c2csc(NC(=O)C(C)Sc3ccc(NC(=O)c4cccs4)cc3)n2)cc1. The second kappa shape index (κ2) is 10.1. The summed E-state index contributed by atoms with van der Waals surface area (Å²) in [5.74, 6) is -0.225. The highest BCUT2D eigenvalue weighted by Crippen LogP contribution is 2.28. The van der Waals surface area contributed by atoms with E-state index in [-0.39, 0.29) is 17.1 Å². The van der Waals surface area contributed by atoms with E-state index in [0.29, 0.717) is 10.0 Å². The fraction of sp³-hybridized carbons (Fsp3) is 0.125. The molecule has 2 N–H and O–H groups in total. The van der Waals surface area contributed by atoms with Gasteiger partial charge >= 0.3 is 0 Å². The number of amides is 2. The summed E-state index contributed by atoms with van der Waals surface area (Å²) in [5, 5.41) is 9.89. The molecular weight excluding hydrogens is 458 g/mol. The molecule has 2 aromatic heterocycles. The number of thiazole rings is 1. The average molecular weight is 480 g/mol. The zero-order valence-electron chi connectivity index (χ0n) is 17.5. The van der Waals surface area contributed by atoms with Crippen molar-refractivity contribution in [1.82, 2.24) is 4.98 Å².